The van der Waals surface area contributed by atoms with Gasteiger partial charge < -0.3 is 4.98 Å². The van der Waals surface area contributed by atoms with Gasteiger partial charge in [-0.2, -0.15) is 4.99 Å². The van der Waals surface area contributed by atoms with Crippen LogP contribution < -0.4 is 10.0 Å². The van der Waals surface area contributed by atoms with Crippen LogP contribution in [0.1, 0.15) is 37.8 Å². The van der Waals surface area contributed by atoms with Crippen molar-refractivity contribution >= 4 is 44.3 Å². The smallest absolute Gasteiger partial charge is 0.229 e. The zero-order valence-electron chi connectivity index (χ0n) is 16.3. The number of sulfonamides is 1. The van der Waals surface area contributed by atoms with Gasteiger partial charge in [-0.25, -0.2) is 8.42 Å². The molecule has 7 heteroatoms. The first-order chi connectivity index (χ1) is 13.4. The second-order valence-electron chi connectivity index (χ2n) is 7.31. The minimum atomic E-state index is -3.35. The lowest BCUT2D eigenvalue weighted by atomic mass is 9.70. The number of quaternary nitrogens is 1. The largest absolute Gasteiger partial charge is 0.359 e. The number of para-hydroxylation sites is 1. The molecule has 28 heavy (non-hydrogen) atoms. The van der Waals surface area contributed by atoms with Gasteiger partial charge in [0.05, 0.1) is 17.5 Å². The summed E-state index contributed by atoms with van der Waals surface area (Å²) in [4.78, 5) is 7.79. The van der Waals surface area contributed by atoms with E-state index >= 15 is 0 Å². The monoisotopic (exact) mass is 397 g/mol. The number of nitrogens with zero attached hydrogens (tertiary/aromatic N) is 1. The van der Waals surface area contributed by atoms with Crippen molar-refractivity contribution in [1.82, 2.24) is 4.98 Å². The standard InChI is InChI=1S/C21H24N4O2S/c1-4-21(5-2,14-9-10-17-19(11-14)24-13-23-17)16-12-22-20-15(16)7-6-8-18(20)25-28(3,26)27/h6-13,22,25H,4-5H2,1-3H3,(H,23,24)/p+1. The predicted octanol–water partition coefficient (Wildman–Crippen LogP) is 3.51. The molecule has 0 aliphatic carbocycles. The maximum absolute atomic E-state index is 11.7. The summed E-state index contributed by atoms with van der Waals surface area (Å²) in [5, 5.41) is 3.06. The van der Waals surface area contributed by atoms with Crippen LogP contribution >= 0.6 is 0 Å². The molecule has 0 spiro atoms. The summed E-state index contributed by atoms with van der Waals surface area (Å²) in [6, 6.07) is 12.2. The highest BCUT2D eigenvalue weighted by atomic mass is 32.2. The topological polar surface area (TPSA) is 90.9 Å². The van der Waals surface area contributed by atoms with E-state index in [1.54, 1.807) is 6.07 Å². The number of nitrogens with two attached hydrogens (primary N) is 1. The fraction of sp³-hybridized carbons (Fsp3) is 0.286. The van der Waals surface area contributed by atoms with E-state index in [4.69, 9.17) is 0 Å². The van der Waals surface area contributed by atoms with Gasteiger partial charge >= 0.3 is 0 Å². The Labute approximate surface area is 165 Å². The molecule has 1 aromatic heterocycles. The van der Waals surface area contributed by atoms with E-state index in [2.05, 4.69) is 46.7 Å². The van der Waals surface area contributed by atoms with E-state index in [0.717, 1.165) is 35.1 Å². The molecular weight excluding hydrogens is 372 g/mol. The second-order valence-corrected chi connectivity index (χ2v) is 9.06. The van der Waals surface area contributed by atoms with Gasteiger partial charge in [0.2, 0.25) is 10.0 Å². The summed E-state index contributed by atoms with van der Waals surface area (Å²) in [6.45, 7) is 4.40. The Bertz CT molecular complexity index is 1170. The van der Waals surface area contributed by atoms with Crippen LogP contribution in [0.2, 0.25) is 0 Å². The third-order valence-corrected chi connectivity index (χ3v) is 6.37. The third-order valence-electron chi connectivity index (χ3n) is 5.78. The first kappa shape index (κ1) is 18.7. The third kappa shape index (κ3) is 3.00. The van der Waals surface area contributed by atoms with Crippen molar-refractivity contribution in [2.45, 2.75) is 32.1 Å². The highest BCUT2D eigenvalue weighted by Crippen LogP contribution is 2.44. The molecule has 3 aromatic rings. The van der Waals surface area contributed by atoms with Gasteiger partial charge in [0, 0.05) is 23.1 Å². The number of aromatic amines is 1. The van der Waals surface area contributed by atoms with Crippen molar-refractivity contribution in [1.29, 1.82) is 0 Å². The molecule has 0 unspecified atom stereocenters. The molecule has 0 atom stereocenters. The number of fused-ring (bicyclic) bond motifs is 2. The number of hydrogen-bond acceptors (Lipinski definition) is 3. The Kier molecular flexibility index (Phi) is 4.51. The highest BCUT2D eigenvalue weighted by molar-refractivity contribution is 7.92. The zero-order valence-corrected chi connectivity index (χ0v) is 17.1. The lowest BCUT2D eigenvalue weighted by Crippen LogP contribution is -2.74. The second kappa shape index (κ2) is 6.76. The number of hydrogen-bond donors (Lipinski definition) is 3. The molecule has 4 rings (SSSR count). The maximum Gasteiger partial charge on any atom is 0.229 e. The molecule has 4 N–H and O–H groups in total. The Balaban J connectivity index is 1.90. The first-order valence-corrected chi connectivity index (χ1v) is 11.4. The van der Waals surface area contributed by atoms with Gasteiger partial charge in [0.15, 0.2) is 12.0 Å². The summed E-state index contributed by atoms with van der Waals surface area (Å²) in [6.07, 6.45) is 6.87. The fourth-order valence-corrected chi connectivity index (χ4v) is 4.89. The number of aliphatic imine (C=N–C) groups is 1. The van der Waals surface area contributed by atoms with Crippen molar-refractivity contribution in [2.24, 2.45) is 4.99 Å². The predicted molar refractivity (Wildman–Crippen MR) is 114 cm³/mol. The van der Waals surface area contributed by atoms with Crippen LogP contribution in [0.15, 0.2) is 47.6 Å². The molecule has 1 aliphatic rings. The molecule has 0 radical (unpaired) electrons. The molecule has 2 aromatic carbocycles. The van der Waals surface area contributed by atoms with Gasteiger partial charge in [-0.15, -0.1) is 0 Å². The average Bonchev–Trinajstić information content (AvgIpc) is 3.30. The van der Waals surface area contributed by atoms with Crippen LogP contribution in [0.25, 0.3) is 10.9 Å². The number of rotatable bonds is 6. The van der Waals surface area contributed by atoms with E-state index in [1.807, 2.05) is 30.0 Å². The van der Waals surface area contributed by atoms with Crippen LogP contribution in [0.5, 0.6) is 0 Å². The Hall–Kier alpha value is -2.64. The van der Waals surface area contributed by atoms with Crippen LogP contribution in [0, 0.1) is 0 Å². The Morgan fingerprint density at radius 2 is 1.96 bits per heavy atom. The minimum Gasteiger partial charge on any atom is -0.359 e. The number of aromatic nitrogens is 1. The molecule has 146 valence electrons. The van der Waals surface area contributed by atoms with Crippen molar-refractivity contribution in [3.8, 4) is 0 Å². The lowest BCUT2D eigenvalue weighted by molar-refractivity contribution is -0.427. The Morgan fingerprint density at radius 3 is 2.68 bits per heavy atom. The molecule has 1 aliphatic heterocycles. The summed E-state index contributed by atoms with van der Waals surface area (Å²) in [5.41, 5.74) is 5.74. The fourth-order valence-electron chi connectivity index (χ4n) is 4.32. The van der Waals surface area contributed by atoms with Crippen molar-refractivity contribution in [3.63, 3.8) is 0 Å². The minimum absolute atomic E-state index is 0.185. The SMILES string of the molecule is CCC(CC)(c1ccc2c(c1)N=C[NH2+]2)c1c[nH]c2c(NS(C)(=O)=O)cccc12. The summed E-state index contributed by atoms with van der Waals surface area (Å²) >= 11 is 0. The summed E-state index contributed by atoms with van der Waals surface area (Å²) < 4.78 is 26.1. The number of anilines is 1. The number of benzene rings is 2. The Morgan fingerprint density at radius 1 is 1.18 bits per heavy atom. The van der Waals surface area contributed by atoms with Crippen molar-refractivity contribution in [2.75, 3.05) is 11.0 Å². The van der Waals surface area contributed by atoms with E-state index in [-0.39, 0.29) is 5.41 Å². The lowest BCUT2D eigenvalue weighted by Gasteiger charge is -2.32. The van der Waals surface area contributed by atoms with Crippen molar-refractivity contribution in [3.05, 3.63) is 53.7 Å². The zero-order chi connectivity index (χ0) is 19.9. The molecule has 0 fully saturated rings. The van der Waals surface area contributed by atoms with Crippen LogP contribution in [0.3, 0.4) is 0 Å². The first-order valence-electron chi connectivity index (χ1n) is 9.48. The van der Waals surface area contributed by atoms with Crippen molar-refractivity contribution < 1.29 is 13.7 Å². The van der Waals surface area contributed by atoms with E-state index in [0.29, 0.717) is 5.69 Å². The maximum atomic E-state index is 11.7. The number of H-pyrrole nitrogens is 1. The van der Waals surface area contributed by atoms with Gasteiger partial charge in [-0.05, 0) is 36.1 Å². The molecule has 6 nitrogen and oxygen atoms in total. The van der Waals surface area contributed by atoms with E-state index in [1.165, 1.54) is 17.4 Å². The van der Waals surface area contributed by atoms with Gasteiger partial charge in [-0.1, -0.05) is 32.0 Å². The molecule has 0 saturated carbocycles. The molecule has 0 amide bonds. The summed E-state index contributed by atoms with van der Waals surface area (Å²) in [5.74, 6) is 0. The van der Waals surface area contributed by atoms with Gasteiger partial charge in [0.25, 0.3) is 0 Å². The van der Waals surface area contributed by atoms with E-state index in [9.17, 15) is 8.42 Å². The molecule has 2 heterocycles. The number of nitrogens with one attached hydrogen (secondary N) is 2. The van der Waals surface area contributed by atoms with Gasteiger partial charge in [0.1, 0.15) is 5.69 Å². The van der Waals surface area contributed by atoms with Crippen LogP contribution in [0.4, 0.5) is 17.1 Å². The molecule has 0 bridgehead atoms. The van der Waals surface area contributed by atoms with Crippen LogP contribution in [-0.2, 0) is 15.4 Å². The average molecular weight is 398 g/mol. The van der Waals surface area contributed by atoms with E-state index < -0.39 is 10.0 Å². The summed E-state index contributed by atoms with van der Waals surface area (Å²) in [7, 11) is -3.35. The molecule has 0 saturated heterocycles. The quantitative estimate of drug-likeness (QED) is 0.556. The van der Waals surface area contributed by atoms with Crippen LogP contribution in [-0.4, -0.2) is 26.0 Å². The normalized spacial score (nSPS) is 13.8. The van der Waals surface area contributed by atoms with Gasteiger partial charge in [-0.3, -0.25) is 10.0 Å². The molecular formula is C21H25N4O2S+. The highest BCUT2D eigenvalue weighted by Gasteiger charge is 2.34.